The molecule has 0 unspecified atom stereocenters. The van der Waals surface area contributed by atoms with Gasteiger partial charge in [0.05, 0.1) is 19.9 Å². The fourth-order valence-corrected chi connectivity index (χ4v) is 2.81. The SMILES string of the molecule is COC(=O)[C@@H](C)Sc1nnc(CCC(N)=O)n1Cc1ccco1. The summed E-state index contributed by atoms with van der Waals surface area (Å²) in [4.78, 5) is 22.6. The smallest absolute Gasteiger partial charge is 0.318 e. The molecule has 2 rings (SSSR count). The van der Waals surface area contributed by atoms with Gasteiger partial charge in [-0.3, -0.25) is 14.2 Å². The maximum absolute atomic E-state index is 11.6. The van der Waals surface area contributed by atoms with Crippen LogP contribution in [0, 0.1) is 0 Å². The van der Waals surface area contributed by atoms with Crippen molar-refractivity contribution in [3.8, 4) is 0 Å². The molecule has 0 saturated heterocycles. The highest BCUT2D eigenvalue weighted by Gasteiger charge is 2.21. The molecule has 0 aliphatic heterocycles. The molecule has 8 nitrogen and oxygen atoms in total. The fourth-order valence-electron chi connectivity index (χ4n) is 1.92. The van der Waals surface area contributed by atoms with E-state index in [2.05, 4.69) is 10.2 Å². The Bertz CT molecular complexity index is 668. The summed E-state index contributed by atoms with van der Waals surface area (Å²) in [6.45, 7) is 2.13. The zero-order chi connectivity index (χ0) is 16.8. The molecule has 0 saturated carbocycles. The van der Waals surface area contributed by atoms with Crippen LogP contribution in [0.4, 0.5) is 0 Å². The normalized spacial score (nSPS) is 12.1. The minimum Gasteiger partial charge on any atom is -0.468 e. The Morgan fingerprint density at radius 1 is 1.48 bits per heavy atom. The Hall–Kier alpha value is -2.29. The van der Waals surface area contributed by atoms with Crippen LogP contribution in [0.5, 0.6) is 0 Å². The molecule has 0 aromatic carbocycles. The van der Waals surface area contributed by atoms with Crippen LogP contribution in [0.2, 0.25) is 0 Å². The molecule has 2 N–H and O–H groups in total. The molecule has 2 heterocycles. The van der Waals surface area contributed by atoms with Gasteiger partial charge in [-0.2, -0.15) is 0 Å². The lowest BCUT2D eigenvalue weighted by Crippen LogP contribution is -2.17. The van der Waals surface area contributed by atoms with Crippen molar-refractivity contribution in [1.82, 2.24) is 14.8 Å². The summed E-state index contributed by atoms with van der Waals surface area (Å²) in [7, 11) is 1.34. The number of ether oxygens (including phenoxy) is 1. The lowest BCUT2D eigenvalue weighted by Gasteiger charge is -2.11. The summed E-state index contributed by atoms with van der Waals surface area (Å²) in [5.41, 5.74) is 5.19. The number of hydrogen-bond acceptors (Lipinski definition) is 7. The van der Waals surface area contributed by atoms with Crippen LogP contribution < -0.4 is 5.73 Å². The van der Waals surface area contributed by atoms with E-state index >= 15 is 0 Å². The average molecular weight is 338 g/mol. The molecule has 23 heavy (non-hydrogen) atoms. The summed E-state index contributed by atoms with van der Waals surface area (Å²) in [6, 6.07) is 3.61. The first-order valence-electron chi connectivity index (χ1n) is 6.98. The van der Waals surface area contributed by atoms with Crippen LogP contribution >= 0.6 is 11.8 Å². The number of carbonyl (C=O) groups excluding carboxylic acids is 2. The molecular weight excluding hydrogens is 320 g/mol. The van der Waals surface area contributed by atoms with Gasteiger partial charge in [0.15, 0.2) is 5.16 Å². The number of aromatic nitrogens is 3. The maximum Gasteiger partial charge on any atom is 0.318 e. The molecule has 124 valence electrons. The van der Waals surface area contributed by atoms with Crippen LogP contribution in [0.3, 0.4) is 0 Å². The third-order valence-electron chi connectivity index (χ3n) is 3.10. The quantitative estimate of drug-likeness (QED) is 0.564. The van der Waals surface area contributed by atoms with Crippen LogP contribution in [-0.2, 0) is 27.3 Å². The zero-order valence-corrected chi connectivity index (χ0v) is 13.7. The number of primary amides is 1. The van der Waals surface area contributed by atoms with Crippen molar-refractivity contribution in [2.45, 2.75) is 36.7 Å². The van der Waals surface area contributed by atoms with Gasteiger partial charge in [0.1, 0.15) is 16.8 Å². The Labute approximate surface area is 137 Å². The molecule has 2 aromatic heterocycles. The van der Waals surface area contributed by atoms with Gasteiger partial charge in [-0.05, 0) is 19.1 Å². The number of carbonyl (C=O) groups is 2. The van der Waals surface area contributed by atoms with Crippen molar-refractivity contribution < 1.29 is 18.7 Å². The minimum atomic E-state index is -0.427. The number of furan rings is 1. The number of hydrogen-bond donors (Lipinski definition) is 1. The predicted molar refractivity (Wildman–Crippen MR) is 82.7 cm³/mol. The number of nitrogens with zero attached hydrogens (tertiary/aromatic N) is 3. The second kappa shape index (κ2) is 7.82. The van der Waals surface area contributed by atoms with Gasteiger partial charge < -0.3 is 14.9 Å². The number of amides is 1. The molecule has 9 heteroatoms. The Morgan fingerprint density at radius 3 is 2.87 bits per heavy atom. The molecule has 1 atom stereocenters. The molecule has 0 aliphatic rings. The Balaban J connectivity index is 2.22. The highest BCUT2D eigenvalue weighted by molar-refractivity contribution is 8.00. The van der Waals surface area contributed by atoms with Crippen molar-refractivity contribution in [3.05, 3.63) is 30.0 Å². The van der Waals surface area contributed by atoms with E-state index in [0.717, 1.165) is 5.76 Å². The van der Waals surface area contributed by atoms with Gasteiger partial charge in [0.25, 0.3) is 0 Å². The monoisotopic (exact) mass is 338 g/mol. The van der Waals surface area contributed by atoms with Gasteiger partial charge >= 0.3 is 5.97 Å². The summed E-state index contributed by atoms with van der Waals surface area (Å²) in [5, 5.41) is 8.33. The van der Waals surface area contributed by atoms with E-state index in [1.807, 2.05) is 10.6 Å². The lowest BCUT2D eigenvalue weighted by molar-refractivity contribution is -0.139. The van der Waals surface area contributed by atoms with Gasteiger partial charge in [0, 0.05) is 12.8 Å². The zero-order valence-electron chi connectivity index (χ0n) is 12.9. The first kappa shape index (κ1) is 17.1. The molecule has 0 fully saturated rings. The second-order valence-electron chi connectivity index (χ2n) is 4.81. The molecular formula is C14H18N4O4S. The van der Waals surface area contributed by atoms with Crippen molar-refractivity contribution >= 4 is 23.6 Å². The van der Waals surface area contributed by atoms with Crippen LogP contribution in [0.15, 0.2) is 28.0 Å². The van der Waals surface area contributed by atoms with Crippen LogP contribution in [0.1, 0.15) is 24.9 Å². The highest BCUT2D eigenvalue weighted by atomic mass is 32.2. The van der Waals surface area contributed by atoms with E-state index in [1.54, 1.807) is 19.3 Å². The number of esters is 1. The van der Waals surface area contributed by atoms with E-state index in [1.165, 1.54) is 18.9 Å². The fraction of sp³-hybridized carbons (Fsp3) is 0.429. The van der Waals surface area contributed by atoms with Crippen molar-refractivity contribution in [2.24, 2.45) is 5.73 Å². The molecule has 1 amide bonds. The first-order chi connectivity index (χ1) is 11.0. The topological polar surface area (TPSA) is 113 Å². The predicted octanol–water partition coefficient (Wildman–Crippen LogP) is 0.991. The first-order valence-corrected chi connectivity index (χ1v) is 7.86. The molecule has 2 aromatic rings. The summed E-state index contributed by atoms with van der Waals surface area (Å²) in [6.07, 6.45) is 2.12. The van der Waals surface area contributed by atoms with Crippen molar-refractivity contribution in [2.75, 3.05) is 7.11 Å². The van der Waals surface area contributed by atoms with Crippen LogP contribution in [0.25, 0.3) is 0 Å². The number of nitrogens with two attached hydrogens (primary N) is 1. The van der Waals surface area contributed by atoms with Gasteiger partial charge in [0.2, 0.25) is 5.91 Å². The van der Waals surface area contributed by atoms with E-state index in [9.17, 15) is 9.59 Å². The van der Waals surface area contributed by atoms with Crippen LogP contribution in [-0.4, -0.2) is 39.0 Å². The third kappa shape index (κ3) is 4.59. The van der Waals surface area contributed by atoms with E-state index in [-0.39, 0.29) is 12.4 Å². The van der Waals surface area contributed by atoms with Crippen molar-refractivity contribution in [1.29, 1.82) is 0 Å². The third-order valence-corrected chi connectivity index (χ3v) is 4.16. The number of methoxy groups -OCH3 is 1. The summed E-state index contributed by atoms with van der Waals surface area (Å²) >= 11 is 1.24. The molecule has 0 radical (unpaired) electrons. The summed E-state index contributed by atoms with van der Waals surface area (Å²) in [5.74, 6) is 0.577. The minimum absolute atomic E-state index is 0.174. The molecule has 0 aliphatic carbocycles. The van der Waals surface area contributed by atoms with Gasteiger partial charge in [-0.1, -0.05) is 11.8 Å². The summed E-state index contributed by atoms with van der Waals surface area (Å²) < 4.78 is 11.9. The lowest BCUT2D eigenvalue weighted by atomic mass is 10.3. The number of rotatable bonds is 8. The Kier molecular flexibility index (Phi) is 5.80. The number of thioether (sulfide) groups is 1. The second-order valence-corrected chi connectivity index (χ2v) is 6.12. The van der Waals surface area contributed by atoms with E-state index in [4.69, 9.17) is 14.9 Å². The highest BCUT2D eigenvalue weighted by Crippen LogP contribution is 2.24. The Morgan fingerprint density at radius 2 is 2.26 bits per heavy atom. The average Bonchev–Trinajstić information content (AvgIpc) is 3.16. The molecule has 0 spiro atoms. The molecule has 0 bridgehead atoms. The van der Waals surface area contributed by atoms with Crippen molar-refractivity contribution in [3.63, 3.8) is 0 Å². The largest absolute Gasteiger partial charge is 0.468 e. The maximum atomic E-state index is 11.6. The standard InChI is InChI=1S/C14H18N4O4S/c1-9(13(20)21-2)23-14-17-16-12(6-5-11(15)19)18(14)8-10-4-3-7-22-10/h3-4,7,9H,5-6,8H2,1-2H3,(H2,15,19)/t9-/m1/s1. The van der Waals surface area contributed by atoms with E-state index in [0.29, 0.717) is 23.9 Å². The number of aryl methyl sites for hydroxylation is 1. The van der Waals surface area contributed by atoms with E-state index < -0.39 is 11.2 Å². The van der Waals surface area contributed by atoms with Gasteiger partial charge in [-0.15, -0.1) is 10.2 Å². The van der Waals surface area contributed by atoms with Gasteiger partial charge in [-0.25, -0.2) is 0 Å².